The largest absolute Gasteiger partial charge is 0.496 e. The zero-order chi connectivity index (χ0) is 14.8. The van der Waals surface area contributed by atoms with Crippen LogP contribution in [0.5, 0.6) is 5.75 Å². The Balaban J connectivity index is 2.16. The molecule has 1 aliphatic rings. The van der Waals surface area contributed by atoms with Crippen molar-refractivity contribution >= 4 is 11.8 Å². The molecule has 0 spiro atoms. The Labute approximate surface area is 131 Å². The molecule has 1 aliphatic heterocycles. The van der Waals surface area contributed by atoms with E-state index < -0.39 is 0 Å². The molecule has 3 heteroatoms. The highest BCUT2D eigenvalue weighted by atomic mass is 32.2. The molecule has 0 radical (unpaired) electrons. The molecular formula is C18H21NOS. The van der Waals surface area contributed by atoms with Crippen molar-refractivity contribution in [1.29, 1.82) is 0 Å². The summed E-state index contributed by atoms with van der Waals surface area (Å²) in [6.07, 6.45) is 0. The normalized spacial score (nSPS) is 17.0. The van der Waals surface area contributed by atoms with Crippen LogP contribution in [0.1, 0.15) is 22.6 Å². The van der Waals surface area contributed by atoms with Gasteiger partial charge in [0.15, 0.2) is 0 Å². The van der Waals surface area contributed by atoms with Gasteiger partial charge in [-0.05, 0) is 36.9 Å². The number of fused-ring (bicyclic) bond motifs is 2. The first kappa shape index (κ1) is 14.5. The van der Waals surface area contributed by atoms with Crippen LogP contribution in [0.2, 0.25) is 0 Å². The van der Waals surface area contributed by atoms with E-state index in [-0.39, 0.29) is 0 Å². The van der Waals surface area contributed by atoms with Crippen LogP contribution in [0.15, 0.2) is 47.4 Å². The van der Waals surface area contributed by atoms with Crippen molar-refractivity contribution in [3.63, 3.8) is 0 Å². The number of thioether (sulfide) groups is 1. The first-order valence-corrected chi connectivity index (χ1v) is 8.21. The lowest BCUT2D eigenvalue weighted by Gasteiger charge is -2.24. The van der Waals surface area contributed by atoms with Crippen LogP contribution >= 0.6 is 11.8 Å². The number of likely N-dealkylation sites (N-methyl/N-ethyl adjacent to an activating group) is 1. The van der Waals surface area contributed by atoms with Gasteiger partial charge in [0.25, 0.3) is 0 Å². The van der Waals surface area contributed by atoms with Gasteiger partial charge in [-0.2, -0.15) is 0 Å². The van der Waals surface area contributed by atoms with Crippen molar-refractivity contribution in [2.45, 2.75) is 16.6 Å². The molecule has 3 rings (SSSR count). The molecule has 2 aromatic carbocycles. The second kappa shape index (κ2) is 6.12. The van der Waals surface area contributed by atoms with Crippen molar-refractivity contribution in [3.05, 3.63) is 59.2 Å². The summed E-state index contributed by atoms with van der Waals surface area (Å²) in [5, 5.41) is 0. The van der Waals surface area contributed by atoms with E-state index in [1.165, 1.54) is 21.6 Å². The Hall–Kier alpha value is -1.45. The Kier molecular flexibility index (Phi) is 4.22. The van der Waals surface area contributed by atoms with Crippen LogP contribution in [0.4, 0.5) is 0 Å². The number of benzene rings is 2. The predicted octanol–water partition coefficient (Wildman–Crippen LogP) is 3.99. The number of nitrogens with zero attached hydrogens (tertiary/aromatic N) is 1. The van der Waals surface area contributed by atoms with E-state index in [2.05, 4.69) is 61.5 Å². The molecule has 1 atom stereocenters. The van der Waals surface area contributed by atoms with E-state index >= 15 is 0 Å². The lowest BCUT2D eigenvalue weighted by Crippen LogP contribution is -2.22. The zero-order valence-corrected chi connectivity index (χ0v) is 13.6. The summed E-state index contributed by atoms with van der Waals surface area (Å²) in [5.41, 5.74) is 4.27. The molecule has 0 aliphatic carbocycles. The van der Waals surface area contributed by atoms with Crippen LogP contribution in [0, 0.1) is 0 Å². The van der Waals surface area contributed by atoms with Crippen molar-refractivity contribution in [1.82, 2.24) is 4.90 Å². The van der Waals surface area contributed by atoms with Gasteiger partial charge in [-0.1, -0.05) is 36.4 Å². The maximum Gasteiger partial charge on any atom is 0.132 e. The van der Waals surface area contributed by atoms with Crippen LogP contribution in [0.3, 0.4) is 0 Å². The number of methoxy groups -OCH3 is 1. The molecule has 110 valence electrons. The van der Waals surface area contributed by atoms with Crippen LogP contribution in [-0.4, -0.2) is 32.6 Å². The average Bonchev–Trinajstić information content (AvgIpc) is 2.65. The monoisotopic (exact) mass is 299 g/mol. The lowest BCUT2D eigenvalue weighted by molar-refractivity contribution is 0.384. The maximum atomic E-state index is 5.59. The predicted molar refractivity (Wildman–Crippen MR) is 89.4 cm³/mol. The van der Waals surface area contributed by atoms with Crippen molar-refractivity contribution < 1.29 is 4.74 Å². The van der Waals surface area contributed by atoms with Crippen molar-refractivity contribution in [2.24, 2.45) is 0 Å². The lowest BCUT2D eigenvalue weighted by atomic mass is 9.88. The van der Waals surface area contributed by atoms with Gasteiger partial charge in [-0.3, -0.25) is 0 Å². The third kappa shape index (κ3) is 2.81. The maximum absolute atomic E-state index is 5.59. The van der Waals surface area contributed by atoms with E-state index in [9.17, 15) is 0 Å². The molecule has 0 fully saturated rings. The first-order valence-electron chi connectivity index (χ1n) is 7.23. The third-order valence-electron chi connectivity index (χ3n) is 3.95. The minimum absolute atomic E-state index is 0.399. The molecule has 2 aromatic rings. The Morgan fingerprint density at radius 1 is 1.10 bits per heavy atom. The van der Waals surface area contributed by atoms with Crippen molar-refractivity contribution in [2.75, 3.05) is 27.7 Å². The van der Waals surface area contributed by atoms with E-state index in [1.807, 2.05) is 11.8 Å². The molecule has 0 aromatic heterocycles. The van der Waals surface area contributed by atoms with Gasteiger partial charge in [0.1, 0.15) is 5.75 Å². The quantitative estimate of drug-likeness (QED) is 0.850. The summed E-state index contributed by atoms with van der Waals surface area (Å²) in [6.45, 7) is 1.01. The summed E-state index contributed by atoms with van der Waals surface area (Å²) < 4.78 is 5.59. The number of ether oxygens (including phenoxy) is 1. The molecular weight excluding hydrogens is 278 g/mol. The van der Waals surface area contributed by atoms with Gasteiger partial charge >= 0.3 is 0 Å². The van der Waals surface area contributed by atoms with Crippen LogP contribution in [0.25, 0.3) is 0 Å². The number of rotatable bonds is 3. The van der Waals surface area contributed by atoms with E-state index in [1.54, 1.807) is 7.11 Å². The summed E-state index contributed by atoms with van der Waals surface area (Å²) in [5.74, 6) is 2.40. The van der Waals surface area contributed by atoms with Crippen LogP contribution in [-0.2, 0) is 5.75 Å². The Morgan fingerprint density at radius 3 is 2.62 bits per heavy atom. The molecule has 1 unspecified atom stereocenters. The first-order chi connectivity index (χ1) is 10.2. The fourth-order valence-corrected chi connectivity index (χ4v) is 4.24. The molecule has 0 N–H and O–H groups in total. The SMILES string of the molecule is COc1cccc2c1SCc1ccccc1C2CN(C)C. The number of hydrogen-bond acceptors (Lipinski definition) is 3. The summed E-state index contributed by atoms with van der Waals surface area (Å²) in [6, 6.07) is 15.2. The van der Waals surface area contributed by atoms with E-state index in [0.29, 0.717) is 5.92 Å². The minimum Gasteiger partial charge on any atom is -0.496 e. The van der Waals surface area contributed by atoms with Gasteiger partial charge in [-0.15, -0.1) is 11.8 Å². The Bertz CT molecular complexity index is 639. The molecule has 0 bridgehead atoms. The fourth-order valence-electron chi connectivity index (χ4n) is 3.01. The second-order valence-electron chi connectivity index (χ2n) is 5.68. The minimum atomic E-state index is 0.399. The van der Waals surface area contributed by atoms with E-state index in [4.69, 9.17) is 4.74 Å². The van der Waals surface area contributed by atoms with Gasteiger partial charge in [0.05, 0.1) is 12.0 Å². The fraction of sp³-hybridized carbons (Fsp3) is 0.333. The summed E-state index contributed by atoms with van der Waals surface area (Å²) in [4.78, 5) is 3.56. The zero-order valence-electron chi connectivity index (χ0n) is 12.8. The molecule has 2 nitrogen and oxygen atoms in total. The highest BCUT2D eigenvalue weighted by Crippen LogP contribution is 2.44. The van der Waals surface area contributed by atoms with E-state index in [0.717, 1.165) is 18.0 Å². The summed E-state index contributed by atoms with van der Waals surface area (Å²) >= 11 is 1.89. The second-order valence-corrected chi connectivity index (χ2v) is 6.67. The van der Waals surface area contributed by atoms with Crippen LogP contribution < -0.4 is 4.74 Å². The highest BCUT2D eigenvalue weighted by Gasteiger charge is 2.26. The van der Waals surface area contributed by atoms with Gasteiger partial charge in [0, 0.05) is 18.2 Å². The average molecular weight is 299 g/mol. The topological polar surface area (TPSA) is 12.5 Å². The molecule has 0 saturated heterocycles. The molecule has 1 heterocycles. The Morgan fingerprint density at radius 2 is 1.86 bits per heavy atom. The molecule has 0 saturated carbocycles. The molecule has 0 amide bonds. The smallest absolute Gasteiger partial charge is 0.132 e. The van der Waals surface area contributed by atoms with Crippen molar-refractivity contribution in [3.8, 4) is 5.75 Å². The third-order valence-corrected chi connectivity index (χ3v) is 5.14. The van der Waals surface area contributed by atoms with Gasteiger partial charge in [0.2, 0.25) is 0 Å². The number of hydrogen-bond donors (Lipinski definition) is 0. The van der Waals surface area contributed by atoms with Gasteiger partial charge < -0.3 is 9.64 Å². The van der Waals surface area contributed by atoms with Gasteiger partial charge in [-0.25, -0.2) is 0 Å². The highest BCUT2D eigenvalue weighted by molar-refractivity contribution is 7.98. The molecule has 21 heavy (non-hydrogen) atoms. The summed E-state index contributed by atoms with van der Waals surface area (Å²) in [7, 11) is 6.04. The standard InChI is InChI=1S/C18H21NOS/c1-19(2)11-16-14-8-5-4-7-13(14)12-21-18-15(16)9-6-10-17(18)20-3/h4-10,16H,11-12H2,1-3H3.